The first-order valence-electron chi connectivity index (χ1n) is 7.13. The molecular formula is C16H21NO2. The van der Waals surface area contributed by atoms with E-state index in [1.165, 1.54) is 11.1 Å². The third kappa shape index (κ3) is 2.39. The summed E-state index contributed by atoms with van der Waals surface area (Å²) in [5, 5.41) is 0. The third-order valence-corrected chi connectivity index (χ3v) is 4.41. The van der Waals surface area contributed by atoms with E-state index in [4.69, 9.17) is 4.74 Å². The summed E-state index contributed by atoms with van der Waals surface area (Å²) >= 11 is 0. The van der Waals surface area contributed by atoms with Gasteiger partial charge in [0, 0.05) is 6.54 Å². The second-order valence-electron chi connectivity index (χ2n) is 5.97. The van der Waals surface area contributed by atoms with Crippen LogP contribution in [0.2, 0.25) is 0 Å². The van der Waals surface area contributed by atoms with Crippen molar-refractivity contribution in [1.29, 1.82) is 0 Å². The lowest BCUT2D eigenvalue weighted by Crippen LogP contribution is -2.48. The Kier molecular flexibility index (Phi) is 3.31. The SMILES string of the molecule is CC1(C(=O)N2CCCOC2)CCc2ccccc2C1. The van der Waals surface area contributed by atoms with Crippen molar-refractivity contribution in [3.63, 3.8) is 0 Å². The van der Waals surface area contributed by atoms with Gasteiger partial charge in [0.1, 0.15) is 6.73 Å². The Labute approximate surface area is 114 Å². The molecule has 1 aromatic carbocycles. The number of carbonyl (C=O) groups excluding carboxylic acids is 1. The van der Waals surface area contributed by atoms with E-state index in [-0.39, 0.29) is 11.3 Å². The van der Waals surface area contributed by atoms with E-state index in [2.05, 4.69) is 31.2 Å². The van der Waals surface area contributed by atoms with Gasteiger partial charge >= 0.3 is 0 Å². The Bertz CT molecular complexity index is 479. The molecule has 3 heteroatoms. The van der Waals surface area contributed by atoms with Crippen LogP contribution in [0.25, 0.3) is 0 Å². The Morgan fingerprint density at radius 2 is 2.11 bits per heavy atom. The number of hydrogen-bond donors (Lipinski definition) is 0. The minimum atomic E-state index is -0.255. The maximum absolute atomic E-state index is 12.7. The van der Waals surface area contributed by atoms with Crippen LogP contribution in [0.1, 0.15) is 30.9 Å². The van der Waals surface area contributed by atoms with Crippen molar-refractivity contribution in [3.05, 3.63) is 35.4 Å². The van der Waals surface area contributed by atoms with Crippen LogP contribution >= 0.6 is 0 Å². The fourth-order valence-electron chi connectivity index (χ4n) is 3.21. The standard InChI is InChI=1S/C16H21NO2/c1-16(15(18)17-9-4-10-19-12-17)8-7-13-5-2-3-6-14(13)11-16/h2-3,5-6H,4,7-12H2,1H3. The fraction of sp³-hybridized carbons (Fsp3) is 0.562. The van der Waals surface area contributed by atoms with Gasteiger partial charge < -0.3 is 9.64 Å². The predicted molar refractivity (Wildman–Crippen MR) is 73.7 cm³/mol. The molecule has 1 aliphatic carbocycles. The van der Waals surface area contributed by atoms with Crippen molar-refractivity contribution in [2.45, 2.75) is 32.6 Å². The predicted octanol–water partition coefficient (Wildman–Crippen LogP) is 2.39. The Hall–Kier alpha value is -1.35. The van der Waals surface area contributed by atoms with Gasteiger partial charge in [-0.1, -0.05) is 31.2 Å². The first-order valence-corrected chi connectivity index (χ1v) is 7.13. The van der Waals surface area contributed by atoms with E-state index < -0.39 is 0 Å². The molecule has 0 radical (unpaired) electrons. The number of rotatable bonds is 1. The van der Waals surface area contributed by atoms with Crippen LogP contribution in [0.3, 0.4) is 0 Å². The zero-order valence-corrected chi connectivity index (χ0v) is 11.5. The first kappa shape index (κ1) is 12.7. The minimum absolute atomic E-state index is 0.255. The van der Waals surface area contributed by atoms with E-state index in [0.29, 0.717) is 6.73 Å². The van der Waals surface area contributed by atoms with Crippen LogP contribution in [0.4, 0.5) is 0 Å². The van der Waals surface area contributed by atoms with E-state index in [0.717, 1.165) is 38.8 Å². The molecule has 3 rings (SSSR count). The molecule has 19 heavy (non-hydrogen) atoms. The van der Waals surface area contributed by atoms with Crippen LogP contribution in [-0.4, -0.2) is 30.7 Å². The summed E-state index contributed by atoms with van der Waals surface area (Å²) in [5.74, 6) is 0.265. The molecular weight excluding hydrogens is 238 g/mol. The summed E-state index contributed by atoms with van der Waals surface area (Å²) in [4.78, 5) is 14.6. The van der Waals surface area contributed by atoms with Crippen molar-refractivity contribution >= 4 is 5.91 Å². The number of carbonyl (C=O) groups is 1. The van der Waals surface area contributed by atoms with E-state index in [9.17, 15) is 4.79 Å². The van der Waals surface area contributed by atoms with Crippen LogP contribution in [0.5, 0.6) is 0 Å². The van der Waals surface area contributed by atoms with Crippen molar-refractivity contribution in [2.75, 3.05) is 19.9 Å². The molecule has 0 N–H and O–H groups in total. The van der Waals surface area contributed by atoms with Gasteiger partial charge in [-0.15, -0.1) is 0 Å². The topological polar surface area (TPSA) is 29.5 Å². The molecule has 0 spiro atoms. The lowest BCUT2D eigenvalue weighted by atomic mass is 9.72. The molecule has 1 aliphatic heterocycles. The zero-order chi connectivity index (χ0) is 13.3. The average Bonchev–Trinajstić information content (AvgIpc) is 2.47. The molecule has 1 saturated heterocycles. The maximum atomic E-state index is 12.7. The second-order valence-corrected chi connectivity index (χ2v) is 5.97. The van der Waals surface area contributed by atoms with Crippen molar-refractivity contribution in [3.8, 4) is 0 Å². The fourth-order valence-corrected chi connectivity index (χ4v) is 3.21. The van der Waals surface area contributed by atoms with Gasteiger partial charge in [0.05, 0.1) is 12.0 Å². The van der Waals surface area contributed by atoms with Crippen LogP contribution < -0.4 is 0 Å². The highest BCUT2D eigenvalue weighted by molar-refractivity contribution is 5.83. The monoisotopic (exact) mass is 259 g/mol. The summed E-state index contributed by atoms with van der Waals surface area (Å²) in [6.07, 6.45) is 3.77. The number of ether oxygens (including phenoxy) is 1. The zero-order valence-electron chi connectivity index (χ0n) is 11.5. The van der Waals surface area contributed by atoms with Crippen molar-refractivity contribution in [1.82, 2.24) is 4.90 Å². The molecule has 1 amide bonds. The van der Waals surface area contributed by atoms with Crippen molar-refractivity contribution < 1.29 is 9.53 Å². The van der Waals surface area contributed by atoms with Gasteiger partial charge in [-0.05, 0) is 36.8 Å². The Morgan fingerprint density at radius 3 is 2.84 bits per heavy atom. The number of amides is 1. The molecule has 1 unspecified atom stereocenters. The first-order chi connectivity index (χ1) is 9.19. The molecule has 0 bridgehead atoms. The largest absolute Gasteiger partial charge is 0.361 e. The van der Waals surface area contributed by atoms with E-state index in [1.54, 1.807) is 0 Å². The molecule has 1 heterocycles. The van der Waals surface area contributed by atoms with Crippen LogP contribution in [0, 0.1) is 5.41 Å². The molecule has 3 nitrogen and oxygen atoms in total. The number of fused-ring (bicyclic) bond motifs is 1. The van der Waals surface area contributed by atoms with E-state index in [1.807, 2.05) is 4.90 Å². The maximum Gasteiger partial charge on any atom is 0.230 e. The van der Waals surface area contributed by atoms with Crippen LogP contribution in [0.15, 0.2) is 24.3 Å². The molecule has 102 valence electrons. The highest BCUT2D eigenvalue weighted by atomic mass is 16.5. The van der Waals surface area contributed by atoms with Crippen molar-refractivity contribution in [2.24, 2.45) is 5.41 Å². The van der Waals surface area contributed by atoms with Gasteiger partial charge in [-0.3, -0.25) is 4.79 Å². The molecule has 1 aromatic rings. The number of nitrogens with zero attached hydrogens (tertiary/aromatic N) is 1. The molecule has 0 aromatic heterocycles. The lowest BCUT2D eigenvalue weighted by Gasteiger charge is -2.39. The van der Waals surface area contributed by atoms with Gasteiger partial charge in [-0.2, -0.15) is 0 Å². The summed E-state index contributed by atoms with van der Waals surface area (Å²) in [7, 11) is 0. The molecule has 1 fully saturated rings. The minimum Gasteiger partial charge on any atom is -0.361 e. The third-order valence-electron chi connectivity index (χ3n) is 4.41. The van der Waals surface area contributed by atoms with Gasteiger partial charge in [0.15, 0.2) is 0 Å². The summed E-state index contributed by atoms with van der Waals surface area (Å²) < 4.78 is 5.41. The summed E-state index contributed by atoms with van der Waals surface area (Å²) in [5.41, 5.74) is 2.49. The number of aryl methyl sites for hydroxylation is 1. The smallest absolute Gasteiger partial charge is 0.230 e. The highest BCUT2D eigenvalue weighted by Crippen LogP contribution is 2.37. The lowest BCUT2D eigenvalue weighted by molar-refractivity contribution is -0.151. The Balaban J connectivity index is 1.79. The quantitative estimate of drug-likeness (QED) is 0.775. The molecule has 0 saturated carbocycles. The number of benzene rings is 1. The normalized spacial score (nSPS) is 26.9. The van der Waals surface area contributed by atoms with Gasteiger partial charge in [0.25, 0.3) is 0 Å². The molecule has 1 atom stereocenters. The highest BCUT2D eigenvalue weighted by Gasteiger charge is 2.39. The van der Waals surface area contributed by atoms with Crippen LogP contribution in [-0.2, 0) is 22.4 Å². The Morgan fingerprint density at radius 1 is 1.32 bits per heavy atom. The summed E-state index contributed by atoms with van der Waals surface area (Å²) in [6, 6.07) is 8.50. The molecule has 2 aliphatic rings. The average molecular weight is 259 g/mol. The van der Waals surface area contributed by atoms with E-state index >= 15 is 0 Å². The summed E-state index contributed by atoms with van der Waals surface area (Å²) in [6.45, 7) is 4.20. The number of hydrogen-bond acceptors (Lipinski definition) is 2. The van der Waals surface area contributed by atoms with Gasteiger partial charge in [0.2, 0.25) is 5.91 Å². The second kappa shape index (κ2) is 4.97. The van der Waals surface area contributed by atoms with Gasteiger partial charge in [-0.25, -0.2) is 0 Å².